The summed E-state index contributed by atoms with van der Waals surface area (Å²) in [5, 5.41) is 7.55. The lowest BCUT2D eigenvalue weighted by Crippen LogP contribution is -2.17. The maximum atomic E-state index is 6.38. The molecule has 2 aliphatic rings. The van der Waals surface area contributed by atoms with E-state index in [-0.39, 0.29) is 10.8 Å². The Labute approximate surface area is 338 Å². The van der Waals surface area contributed by atoms with Crippen LogP contribution in [0.25, 0.3) is 76.9 Å². The van der Waals surface area contributed by atoms with Crippen molar-refractivity contribution >= 4 is 60.5 Å². The highest BCUT2D eigenvalue weighted by molar-refractivity contribution is 6.08. The van der Waals surface area contributed by atoms with Crippen LogP contribution in [0.1, 0.15) is 49.9 Å². The van der Waals surface area contributed by atoms with Gasteiger partial charge in [-0.25, -0.2) is 0 Å². The lowest BCUT2D eigenvalue weighted by atomic mass is 9.78. The maximum absolute atomic E-state index is 6.38. The molecule has 0 spiro atoms. The molecule has 1 heterocycles. The molecule has 276 valence electrons. The third-order valence-electron chi connectivity index (χ3n) is 13.4. The molecule has 0 atom stereocenters. The summed E-state index contributed by atoms with van der Waals surface area (Å²) in [5.41, 5.74) is 18.1. The van der Waals surface area contributed by atoms with E-state index in [0.29, 0.717) is 0 Å². The molecule has 2 heteroatoms. The molecule has 0 saturated heterocycles. The molecule has 0 saturated carbocycles. The van der Waals surface area contributed by atoms with E-state index in [4.69, 9.17) is 4.42 Å². The Morgan fingerprint density at radius 3 is 1.74 bits per heavy atom. The minimum atomic E-state index is -0.204. The van der Waals surface area contributed by atoms with Gasteiger partial charge in [0.1, 0.15) is 11.2 Å². The number of fused-ring (bicyclic) bond motifs is 13. The Morgan fingerprint density at radius 1 is 0.362 bits per heavy atom. The Kier molecular flexibility index (Phi) is 6.78. The Morgan fingerprint density at radius 2 is 0.948 bits per heavy atom. The van der Waals surface area contributed by atoms with Crippen LogP contribution in [-0.2, 0) is 10.8 Å². The van der Waals surface area contributed by atoms with E-state index >= 15 is 0 Å². The molecule has 0 fully saturated rings. The highest BCUT2D eigenvalue weighted by Gasteiger charge is 2.39. The van der Waals surface area contributed by atoms with Gasteiger partial charge < -0.3 is 9.32 Å². The minimum Gasteiger partial charge on any atom is -0.456 e. The number of para-hydroxylation sites is 1. The predicted molar refractivity (Wildman–Crippen MR) is 244 cm³/mol. The number of benzene rings is 9. The fourth-order valence-corrected chi connectivity index (χ4v) is 10.6. The summed E-state index contributed by atoms with van der Waals surface area (Å²) in [6, 6.07) is 65.0. The first-order chi connectivity index (χ1) is 28.3. The predicted octanol–water partition coefficient (Wildman–Crippen LogP) is 15.6. The van der Waals surface area contributed by atoms with Crippen molar-refractivity contribution in [3.05, 3.63) is 198 Å². The summed E-state index contributed by atoms with van der Waals surface area (Å²) >= 11 is 0. The second kappa shape index (κ2) is 11.8. The monoisotopic (exact) mass is 743 g/mol. The highest BCUT2D eigenvalue weighted by Crippen LogP contribution is 2.55. The number of nitrogens with zero attached hydrogens (tertiary/aromatic N) is 1. The SMILES string of the molecule is CC1(C)c2cc(N(c3ccc(-c4ccccc4)cc3)c3ccc4c5c(ccc4c3)-c3ccc4ccccc4c3C5(C)C)ccc2-c2cc3oc4ccccc4c3cc21. The van der Waals surface area contributed by atoms with Crippen LogP contribution in [0.3, 0.4) is 0 Å². The Hall–Kier alpha value is -6.90. The van der Waals surface area contributed by atoms with Gasteiger partial charge in [-0.1, -0.05) is 149 Å². The number of anilines is 3. The first kappa shape index (κ1) is 33.3. The van der Waals surface area contributed by atoms with Gasteiger partial charge in [0.25, 0.3) is 0 Å². The van der Waals surface area contributed by atoms with E-state index in [1.54, 1.807) is 0 Å². The van der Waals surface area contributed by atoms with Crippen LogP contribution in [0.2, 0.25) is 0 Å². The fourth-order valence-electron chi connectivity index (χ4n) is 10.6. The van der Waals surface area contributed by atoms with Crippen molar-refractivity contribution in [3.8, 4) is 33.4 Å². The zero-order valence-corrected chi connectivity index (χ0v) is 33.1. The highest BCUT2D eigenvalue weighted by atomic mass is 16.3. The van der Waals surface area contributed by atoms with Crippen molar-refractivity contribution in [1.29, 1.82) is 0 Å². The van der Waals surface area contributed by atoms with Crippen LogP contribution < -0.4 is 4.90 Å². The van der Waals surface area contributed by atoms with Crippen molar-refractivity contribution in [2.45, 2.75) is 38.5 Å². The summed E-state index contributed by atoms with van der Waals surface area (Å²) in [5.74, 6) is 0. The fraction of sp³-hybridized carbons (Fsp3) is 0.107. The molecule has 0 radical (unpaired) electrons. The number of hydrogen-bond acceptors (Lipinski definition) is 2. The average Bonchev–Trinajstić information content (AvgIpc) is 3.82. The largest absolute Gasteiger partial charge is 0.456 e. The molecular formula is C56H41NO. The number of hydrogen-bond donors (Lipinski definition) is 0. The summed E-state index contributed by atoms with van der Waals surface area (Å²) < 4.78 is 6.38. The van der Waals surface area contributed by atoms with Crippen LogP contribution in [-0.4, -0.2) is 0 Å². The molecule has 0 aliphatic heterocycles. The van der Waals surface area contributed by atoms with Gasteiger partial charge >= 0.3 is 0 Å². The van der Waals surface area contributed by atoms with E-state index in [2.05, 4.69) is 202 Å². The van der Waals surface area contributed by atoms with Crippen LogP contribution in [0.5, 0.6) is 0 Å². The molecule has 0 amide bonds. The van der Waals surface area contributed by atoms with Crippen LogP contribution in [0.4, 0.5) is 17.1 Å². The van der Waals surface area contributed by atoms with Gasteiger partial charge in [-0.05, 0) is 132 Å². The van der Waals surface area contributed by atoms with E-state index in [0.717, 1.165) is 28.2 Å². The van der Waals surface area contributed by atoms with Gasteiger partial charge in [0.2, 0.25) is 0 Å². The van der Waals surface area contributed by atoms with Gasteiger partial charge in [0.05, 0.1) is 0 Å². The van der Waals surface area contributed by atoms with E-state index in [1.807, 2.05) is 6.07 Å². The summed E-state index contributed by atoms with van der Waals surface area (Å²) in [4.78, 5) is 2.44. The minimum absolute atomic E-state index is 0.145. The van der Waals surface area contributed by atoms with Crippen molar-refractivity contribution in [3.63, 3.8) is 0 Å². The third-order valence-corrected chi connectivity index (χ3v) is 13.4. The first-order valence-electron chi connectivity index (χ1n) is 20.4. The van der Waals surface area contributed by atoms with Crippen molar-refractivity contribution in [1.82, 2.24) is 0 Å². The third kappa shape index (κ3) is 4.60. The van der Waals surface area contributed by atoms with Crippen molar-refractivity contribution in [2.24, 2.45) is 0 Å². The van der Waals surface area contributed by atoms with E-state index in [1.165, 1.54) is 88.0 Å². The molecule has 0 bridgehead atoms. The second-order valence-electron chi connectivity index (χ2n) is 17.3. The molecule has 58 heavy (non-hydrogen) atoms. The maximum Gasteiger partial charge on any atom is 0.136 e. The Bertz CT molecular complexity index is 3330. The standard InChI is InChI=1S/C56H41NO/c1-55(2)49-31-40(25-29-43(49)47-33-52-48(32-50(47)55)44-16-10-11-17-51(44)58-52)57(38-22-18-35(19-23-38)34-12-6-5-7-13-34)39-24-28-42-37(30-39)21-27-46-45-26-20-36-14-8-9-15-41(36)53(45)56(3,4)54(42)46/h5-33H,1-4H3. The van der Waals surface area contributed by atoms with Gasteiger partial charge in [-0.15, -0.1) is 0 Å². The average molecular weight is 744 g/mol. The first-order valence-corrected chi connectivity index (χ1v) is 20.4. The van der Waals surface area contributed by atoms with Crippen LogP contribution in [0.15, 0.2) is 180 Å². The van der Waals surface area contributed by atoms with Gasteiger partial charge in [-0.3, -0.25) is 0 Å². The second-order valence-corrected chi connectivity index (χ2v) is 17.3. The van der Waals surface area contributed by atoms with Crippen molar-refractivity contribution < 1.29 is 4.42 Å². The molecule has 2 aliphatic carbocycles. The van der Waals surface area contributed by atoms with Crippen molar-refractivity contribution in [2.75, 3.05) is 4.90 Å². The molecule has 10 aromatic rings. The summed E-state index contributed by atoms with van der Waals surface area (Å²) in [7, 11) is 0. The normalized spacial score (nSPS) is 14.5. The van der Waals surface area contributed by atoms with Gasteiger partial charge in [-0.2, -0.15) is 0 Å². The zero-order chi connectivity index (χ0) is 38.9. The smallest absolute Gasteiger partial charge is 0.136 e. The molecule has 12 rings (SSSR count). The molecule has 0 N–H and O–H groups in total. The lowest BCUT2D eigenvalue weighted by molar-refractivity contribution is 0.658. The van der Waals surface area contributed by atoms with Gasteiger partial charge in [0, 0.05) is 38.7 Å². The molecule has 9 aromatic carbocycles. The van der Waals surface area contributed by atoms with Gasteiger partial charge in [0.15, 0.2) is 0 Å². The zero-order valence-electron chi connectivity index (χ0n) is 33.1. The Balaban J connectivity index is 1.02. The number of rotatable bonds is 4. The topological polar surface area (TPSA) is 16.4 Å². The molecule has 1 aromatic heterocycles. The lowest BCUT2D eigenvalue weighted by Gasteiger charge is -2.29. The van der Waals surface area contributed by atoms with Crippen LogP contribution >= 0.6 is 0 Å². The summed E-state index contributed by atoms with van der Waals surface area (Å²) in [6.07, 6.45) is 0. The van der Waals surface area contributed by atoms with Crippen LogP contribution in [0, 0.1) is 0 Å². The van der Waals surface area contributed by atoms with E-state index < -0.39 is 0 Å². The molecule has 2 nitrogen and oxygen atoms in total. The quantitative estimate of drug-likeness (QED) is 0.178. The summed E-state index contributed by atoms with van der Waals surface area (Å²) in [6.45, 7) is 9.55. The molecular weight excluding hydrogens is 703 g/mol. The molecule has 0 unspecified atom stereocenters. The van der Waals surface area contributed by atoms with E-state index in [9.17, 15) is 0 Å². The number of furan rings is 1.